The number of anilines is 1. The fraction of sp³-hybridized carbons (Fsp3) is 0.294. The SMILES string of the molecule is Cc1ccc(C(C)Nc2cccc(Br)c2C)cc1C. The number of halogens is 1. The lowest BCUT2D eigenvalue weighted by molar-refractivity contribution is 0.879. The maximum absolute atomic E-state index is 3.58. The molecule has 0 saturated heterocycles. The van der Waals surface area contributed by atoms with Crippen molar-refractivity contribution < 1.29 is 0 Å². The van der Waals surface area contributed by atoms with Crippen molar-refractivity contribution in [1.82, 2.24) is 0 Å². The van der Waals surface area contributed by atoms with E-state index in [1.54, 1.807) is 0 Å². The summed E-state index contributed by atoms with van der Waals surface area (Å²) in [5.74, 6) is 0. The van der Waals surface area contributed by atoms with E-state index in [4.69, 9.17) is 0 Å². The van der Waals surface area contributed by atoms with Crippen molar-refractivity contribution in [3.05, 3.63) is 63.1 Å². The second kappa shape index (κ2) is 5.79. The topological polar surface area (TPSA) is 12.0 Å². The molecule has 0 aliphatic heterocycles. The molecule has 19 heavy (non-hydrogen) atoms. The van der Waals surface area contributed by atoms with Crippen molar-refractivity contribution in [3.8, 4) is 0 Å². The van der Waals surface area contributed by atoms with Crippen LogP contribution >= 0.6 is 15.9 Å². The fourth-order valence-electron chi connectivity index (χ4n) is 2.11. The van der Waals surface area contributed by atoms with Gasteiger partial charge in [-0.3, -0.25) is 0 Å². The molecular weight excluding hydrogens is 298 g/mol. The predicted molar refractivity (Wildman–Crippen MR) is 86.8 cm³/mol. The Morgan fingerprint density at radius 2 is 1.74 bits per heavy atom. The van der Waals surface area contributed by atoms with Gasteiger partial charge in [0, 0.05) is 16.2 Å². The monoisotopic (exact) mass is 317 g/mol. The minimum Gasteiger partial charge on any atom is -0.378 e. The molecule has 2 aromatic rings. The summed E-state index contributed by atoms with van der Waals surface area (Å²) in [6.07, 6.45) is 0. The van der Waals surface area contributed by atoms with Crippen LogP contribution in [-0.4, -0.2) is 0 Å². The fourth-order valence-corrected chi connectivity index (χ4v) is 2.48. The van der Waals surface area contributed by atoms with Crippen LogP contribution in [0.4, 0.5) is 5.69 Å². The van der Waals surface area contributed by atoms with E-state index >= 15 is 0 Å². The van der Waals surface area contributed by atoms with Crippen LogP contribution in [0.5, 0.6) is 0 Å². The molecule has 0 bridgehead atoms. The largest absolute Gasteiger partial charge is 0.378 e. The minimum absolute atomic E-state index is 0.298. The molecule has 1 nitrogen and oxygen atoms in total. The van der Waals surface area contributed by atoms with Crippen molar-refractivity contribution in [2.75, 3.05) is 5.32 Å². The lowest BCUT2D eigenvalue weighted by atomic mass is 10.0. The van der Waals surface area contributed by atoms with Gasteiger partial charge < -0.3 is 5.32 Å². The molecule has 0 aliphatic rings. The molecule has 1 atom stereocenters. The van der Waals surface area contributed by atoms with Crippen molar-refractivity contribution in [2.24, 2.45) is 0 Å². The maximum Gasteiger partial charge on any atom is 0.0485 e. The first-order chi connectivity index (χ1) is 8.99. The number of benzene rings is 2. The van der Waals surface area contributed by atoms with Crippen LogP contribution in [-0.2, 0) is 0 Å². The van der Waals surface area contributed by atoms with Gasteiger partial charge >= 0.3 is 0 Å². The normalized spacial score (nSPS) is 12.3. The van der Waals surface area contributed by atoms with Crippen LogP contribution in [0.25, 0.3) is 0 Å². The molecule has 0 fully saturated rings. The highest BCUT2D eigenvalue weighted by atomic mass is 79.9. The molecular formula is C17H20BrN. The van der Waals surface area contributed by atoms with E-state index in [2.05, 4.69) is 85.3 Å². The summed E-state index contributed by atoms with van der Waals surface area (Å²) in [4.78, 5) is 0. The number of aryl methyl sites for hydroxylation is 2. The molecule has 2 rings (SSSR count). The summed E-state index contributed by atoms with van der Waals surface area (Å²) in [6.45, 7) is 8.63. The molecule has 0 saturated carbocycles. The Hall–Kier alpha value is -1.28. The van der Waals surface area contributed by atoms with Crippen molar-refractivity contribution in [2.45, 2.75) is 33.7 Å². The Morgan fingerprint density at radius 1 is 1.00 bits per heavy atom. The number of hydrogen-bond acceptors (Lipinski definition) is 1. The molecule has 0 aliphatic carbocycles. The van der Waals surface area contributed by atoms with E-state index in [1.165, 1.54) is 27.9 Å². The zero-order chi connectivity index (χ0) is 14.0. The highest BCUT2D eigenvalue weighted by Gasteiger charge is 2.08. The van der Waals surface area contributed by atoms with Gasteiger partial charge in [-0.2, -0.15) is 0 Å². The van der Waals surface area contributed by atoms with Gasteiger partial charge in [0.1, 0.15) is 0 Å². The van der Waals surface area contributed by atoms with Gasteiger partial charge in [-0.15, -0.1) is 0 Å². The average molecular weight is 318 g/mol. The zero-order valence-electron chi connectivity index (χ0n) is 11.9. The average Bonchev–Trinajstić information content (AvgIpc) is 2.38. The van der Waals surface area contributed by atoms with Gasteiger partial charge in [0.2, 0.25) is 0 Å². The number of hydrogen-bond donors (Lipinski definition) is 1. The molecule has 0 aromatic heterocycles. The Bertz CT molecular complexity index is 590. The molecule has 0 amide bonds. The second-order valence-electron chi connectivity index (χ2n) is 5.12. The van der Waals surface area contributed by atoms with Crippen LogP contribution in [0.1, 0.15) is 35.2 Å². The number of nitrogens with one attached hydrogen (secondary N) is 1. The second-order valence-corrected chi connectivity index (χ2v) is 5.98. The molecule has 0 spiro atoms. The summed E-state index contributed by atoms with van der Waals surface area (Å²) in [5.41, 5.74) is 6.44. The molecule has 2 aromatic carbocycles. The van der Waals surface area contributed by atoms with Crippen LogP contribution < -0.4 is 5.32 Å². The van der Waals surface area contributed by atoms with E-state index in [-0.39, 0.29) is 0 Å². The first-order valence-electron chi connectivity index (χ1n) is 6.58. The van der Waals surface area contributed by atoms with Crippen molar-refractivity contribution in [3.63, 3.8) is 0 Å². The molecule has 0 heterocycles. The quantitative estimate of drug-likeness (QED) is 0.782. The van der Waals surface area contributed by atoms with Gasteiger partial charge in [-0.05, 0) is 62.1 Å². The van der Waals surface area contributed by atoms with Crippen LogP contribution in [0.3, 0.4) is 0 Å². The molecule has 1 unspecified atom stereocenters. The van der Waals surface area contributed by atoms with Gasteiger partial charge in [0.15, 0.2) is 0 Å². The van der Waals surface area contributed by atoms with E-state index in [0.717, 1.165) is 4.47 Å². The summed E-state index contributed by atoms with van der Waals surface area (Å²) in [7, 11) is 0. The third-order valence-electron chi connectivity index (χ3n) is 3.67. The smallest absolute Gasteiger partial charge is 0.0485 e. The highest BCUT2D eigenvalue weighted by Crippen LogP contribution is 2.27. The Labute approximate surface area is 124 Å². The predicted octanol–water partition coefficient (Wildman–Crippen LogP) is 5.55. The first kappa shape index (κ1) is 14.1. The van der Waals surface area contributed by atoms with Crippen LogP contribution in [0, 0.1) is 20.8 Å². The first-order valence-corrected chi connectivity index (χ1v) is 7.37. The zero-order valence-corrected chi connectivity index (χ0v) is 13.5. The molecule has 100 valence electrons. The van der Waals surface area contributed by atoms with E-state index in [1.807, 2.05) is 0 Å². The highest BCUT2D eigenvalue weighted by molar-refractivity contribution is 9.10. The van der Waals surface area contributed by atoms with E-state index in [0.29, 0.717) is 6.04 Å². The lowest BCUT2D eigenvalue weighted by Gasteiger charge is -2.19. The summed E-state index contributed by atoms with van der Waals surface area (Å²) in [5, 5.41) is 3.58. The van der Waals surface area contributed by atoms with Gasteiger partial charge in [0.05, 0.1) is 0 Å². The summed E-state index contributed by atoms with van der Waals surface area (Å²) >= 11 is 3.57. The maximum atomic E-state index is 3.58. The Kier molecular flexibility index (Phi) is 4.31. The summed E-state index contributed by atoms with van der Waals surface area (Å²) in [6, 6.07) is 13.2. The van der Waals surface area contributed by atoms with Crippen molar-refractivity contribution >= 4 is 21.6 Å². The van der Waals surface area contributed by atoms with E-state index < -0.39 is 0 Å². The van der Waals surface area contributed by atoms with Gasteiger partial charge in [0.25, 0.3) is 0 Å². The van der Waals surface area contributed by atoms with Gasteiger partial charge in [-0.1, -0.05) is 40.2 Å². The van der Waals surface area contributed by atoms with Crippen LogP contribution in [0.2, 0.25) is 0 Å². The minimum atomic E-state index is 0.298. The van der Waals surface area contributed by atoms with Crippen LogP contribution in [0.15, 0.2) is 40.9 Å². The standard InChI is InChI=1S/C17H20BrN/c1-11-8-9-15(10-12(11)2)14(4)19-17-7-5-6-16(18)13(17)3/h5-10,14,19H,1-4H3. The van der Waals surface area contributed by atoms with Gasteiger partial charge in [-0.25, -0.2) is 0 Å². The Balaban J connectivity index is 2.23. The summed E-state index contributed by atoms with van der Waals surface area (Å²) < 4.78 is 1.14. The third kappa shape index (κ3) is 3.19. The molecule has 0 radical (unpaired) electrons. The Morgan fingerprint density at radius 3 is 2.42 bits per heavy atom. The van der Waals surface area contributed by atoms with Crippen molar-refractivity contribution in [1.29, 1.82) is 0 Å². The number of rotatable bonds is 3. The molecule has 2 heteroatoms. The van der Waals surface area contributed by atoms with E-state index in [9.17, 15) is 0 Å². The molecule has 1 N–H and O–H groups in total. The third-order valence-corrected chi connectivity index (χ3v) is 4.53. The lowest BCUT2D eigenvalue weighted by Crippen LogP contribution is -2.08.